The van der Waals surface area contributed by atoms with Gasteiger partial charge in [0.1, 0.15) is 5.75 Å². The van der Waals surface area contributed by atoms with Gasteiger partial charge < -0.3 is 19.3 Å². The van der Waals surface area contributed by atoms with Crippen molar-refractivity contribution in [2.24, 2.45) is 0 Å². The Bertz CT molecular complexity index is 595. The molecule has 3 aliphatic rings. The second kappa shape index (κ2) is 4.29. The molecular weight excluding hydrogens is 272 g/mol. The monoisotopic (exact) mass is 290 g/mol. The highest BCUT2D eigenvalue weighted by molar-refractivity contribution is 5.86. The van der Waals surface area contributed by atoms with Crippen molar-refractivity contribution in [3.8, 4) is 17.2 Å². The van der Waals surface area contributed by atoms with Crippen molar-refractivity contribution in [3.63, 3.8) is 0 Å². The zero-order valence-electron chi connectivity index (χ0n) is 12.0. The van der Waals surface area contributed by atoms with Gasteiger partial charge in [-0.15, -0.1) is 0 Å². The fraction of sp³-hybridized carbons (Fsp3) is 0.562. The molecule has 5 heteroatoms. The van der Waals surface area contributed by atoms with Gasteiger partial charge in [0.25, 0.3) is 0 Å². The first-order valence-corrected chi connectivity index (χ1v) is 7.44. The number of hydrogen-bond acceptors (Lipinski definition) is 4. The first-order valence-electron chi connectivity index (χ1n) is 7.44. The zero-order valence-corrected chi connectivity index (χ0v) is 12.0. The number of fused-ring (bicyclic) bond motifs is 2. The Balaban J connectivity index is 2.02. The number of ether oxygens (including phenoxy) is 3. The molecule has 5 nitrogen and oxygen atoms in total. The van der Waals surface area contributed by atoms with Crippen LogP contribution in [0, 0.1) is 0 Å². The van der Waals surface area contributed by atoms with Crippen molar-refractivity contribution in [2.75, 3.05) is 20.3 Å². The molecule has 1 aromatic rings. The molecule has 1 aliphatic carbocycles. The van der Waals surface area contributed by atoms with Gasteiger partial charge in [0.15, 0.2) is 11.5 Å². The van der Waals surface area contributed by atoms with Gasteiger partial charge in [0.05, 0.1) is 25.7 Å². The SMILES string of the molecule is COc1c2c(c(C3(C(=O)O)CCC3)c3c1OCC3)OCC2. The van der Waals surface area contributed by atoms with Crippen molar-refractivity contribution in [1.29, 1.82) is 0 Å². The Labute approximate surface area is 122 Å². The van der Waals surface area contributed by atoms with E-state index in [1.807, 2.05) is 0 Å². The Morgan fingerprint density at radius 2 is 1.81 bits per heavy atom. The summed E-state index contributed by atoms with van der Waals surface area (Å²) in [5, 5.41) is 9.80. The number of carboxylic acids is 1. The van der Waals surface area contributed by atoms with Crippen LogP contribution in [0.15, 0.2) is 0 Å². The van der Waals surface area contributed by atoms with Crippen molar-refractivity contribution in [2.45, 2.75) is 37.5 Å². The number of methoxy groups -OCH3 is 1. The predicted octanol–water partition coefficient (Wildman–Crippen LogP) is 2.07. The molecule has 21 heavy (non-hydrogen) atoms. The molecule has 0 saturated heterocycles. The van der Waals surface area contributed by atoms with Gasteiger partial charge >= 0.3 is 5.97 Å². The Morgan fingerprint density at radius 1 is 1.14 bits per heavy atom. The Kier molecular flexibility index (Phi) is 2.62. The average molecular weight is 290 g/mol. The van der Waals surface area contributed by atoms with Crippen LogP contribution >= 0.6 is 0 Å². The van der Waals surface area contributed by atoms with E-state index in [9.17, 15) is 9.90 Å². The van der Waals surface area contributed by atoms with E-state index in [2.05, 4.69) is 0 Å². The summed E-state index contributed by atoms with van der Waals surface area (Å²) in [6.45, 7) is 1.16. The van der Waals surface area contributed by atoms with E-state index in [1.54, 1.807) is 7.11 Å². The second-order valence-electron chi connectivity index (χ2n) is 5.96. The normalized spacial score (nSPS) is 20.8. The van der Waals surface area contributed by atoms with Crippen LogP contribution in [0.2, 0.25) is 0 Å². The third-order valence-electron chi connectivity index (χ3n) is 5.05. The number of aliphatic carboxylic acids is 1. The molecule has 4 rings (SSSR count). The first kappa shape index (κ1) is 12.8. The van der Waals surface area contributed by atoms with Gasteiger partial charge in [0, 0.05) is 29.5 Å². The van der Waals surface area contributed by atoms with Crippen LogP contribution in [-0.4, -0.2) is 31.4 Å². The van der Waals surface area contributed by atoms with Crippen LogP contribution in [-0.2, 0) is 23.1 Å². The second-order valence-corrected chi connectivity index (χ2v) is 5.96. The average Bonchev–Trinajstić information content (AvgIpc) is 3.04. The highest BCUT2D eigenvalue weighted by Gasteiger charge is 2.51. The van der Waals surface area contributed by atoms with Crippen LogP contribution in [0.25, 0.3) is 0 Å². The number of benzene rings is 1. The summed E-state index contributed by atoms with van der Waals surface area (Å²) in [6.07, 6.45) is 3.78. The molecule has 0 atom stereocenters. The van der Waals surface area contributed by atoms with E-state index in [0.717, 1.165) is 53.2 Å². The summed E-state index contributed by atoms with van der Waals surface area (Å²) in [5.41, 5.74) is 2.02. The quantitative estimate of drug-likeness (QED) is 0.923. The summed E-state index contributed by atoms with van der Waals surface area (Å²) >= 11 is 0. The first-order chi connectivity index (χ1) is 10.2. The van der Waals surface area contributed by atoms with Crippen molar-refractivity contribution < 1.29 is 24.1 Å². The van der Waals surface area contributed by atoms with Gasteiger partial charge in [-0.05, 0) is 12.8 Å². The lowest BCUT2D eigenvalue weighted by atomic mass is 9.62. The molecule has 2 aliphatic heterocycles. The van der Waals surface area contributed by atoms with E-state index in [1.165, 1.54) is 0 Å². The Hall–Kier alpha value is -1.91. The maximum Gasteiger partial charge on any atom is 0.314 e. The van der Waals surface area contributed by atoms with E-state index in [0.29, 0.717) is 26.1 Å². The van der Waals surface area contributed by atoms with Gasteiger partial charge in [-0.3, -0.25) is 4.79 Å². The third-order valence-corrected chi connectivity index (χ3v) is 5.05. The minimum atomic E-state index is -0.793. The molecular formula is C16H18O5. The minimum absolute atomic E-state index is 0.581. The van der Waals surface area contributed by atoms with Gasteiger partial charge in [-0.1, -0.05) is 6.42 Å². The molecule has 1 fully saturated rings. The maximum atomic E-state index is 11.9. The molecule has 1 saturated carbocycles. The molecule has 0 spiro atoms. The summed E-state index contributed by atoms with van der Waals surface area (Å²) in [7, 11) is 1.63. The highest BCUT2D eigenvalue weighted by atomic mass is 16.5. The fourth-order valence-corrected chi connectivity index (χ4v) is 3.89. The molecule has 1 aromatic carbocycles. The lowest BCUT2D eigenvalue weighted by molar-refractivity contribution is -0.147. The summed E-state index contributed by atoms with van der Waals surface area (Å²) in [5.74, 6) is 1.48. The lowest BCUT2D eigenvalue weighted by Gasteiger charge is -2.40. The summed E-state index contributed by atoms with van der Waals surface area (Å²) < 4.78 is 17.1. The molecule has 112 valence electrons. The van der Waals surface area contributed by atoms with E-state index in [4.69, 9.17) is 14.2 Å². The van der Waals surface area contributed by atoms with Gasteiger partial charge in [-0.2, -0.15) is 0 Å². The van der Waals surface area contributed by atoms with Crippen molar-refractivity contribution >= 4 is 5.97 Å². The van der Waals surface area contributed by atoms with Crippen LogP contribution in [0.1, 0.15) is 36.0 Å². The minimum Gasteiger partial charge on any atom is -0.492 e. The fourth-order valence-electron chi connectivity index (χ4n) is 3.89. The molecule has 0 unspecified atom stereocenters. The van der Waals surface area contributed by atoms with Crippen molar-refractivity contribution in [1.82, 2.24) is 0 Å². The molecule has 0 amide bonds. The lowest BCUT2D eigenvalue weighted by Crippen LogP contribution is -2.43. The largest absolute Gasteiger partial charge is 0.492 e. The zero-order chi connectivity index (χ0) is 14.6. The van der Waals surface area contributed by atoms with Gasteiger partial charge in [-0.25, -0.2) is 0 Å². The standard InChI is InChI=1S/C16H18O5/c1-19-13-10-4-8-20-12(10)11(9-3-7-21-14(9)13)16(15(17)18)5-2-6-16/h2-8H2,1H3,(H,17,18). The third kappa shape index (κ3) is 1.49. The number of carbonyl (C=O) groups is 1. The molecule has 0 radical (unpaired) electrons. The van der Waals surface area contributed by atoms with Crippen LogP contribution in [0.5, 0.6) is 17.2 Å². The van der Waals surface area contributed by atoms with Crippen LogP contribution in [0.4, 0.5) is 0 Å². The van der Waals surface area contributed by atoms with E-state index in [-0.39, 0.29) is 0 Å². The smallest absolute Gasteiger partial charge is 0.314 e. The number of rotatable bonds is 3. The molecule has 1 N–H and O–H groups in total. The summed E-state index contributed by atoms with van der Waals surface area (Å²) in [6, 6.07) is 0. The summed E-state index contributed by atoms with van der Waals surface area (Å²) in [4.78, 5) is 11.9. The molecule has 0 bridgehead atoms. The number of carboxylic acid groups (broad SMARTS) is 1. The van der Waals surface area contributed by atoms with Crippen molar-refractivity contribution in [3.05, 3.63) is 16.7 Å². The molecule has 0 aromatic heterocycles. The Morgan fingerprint density at radius 3 is 2.38 bits per heavy atom. The van der Waals surface area contributed by atoms with E-state index < -0.39 is 11.4 Å². The van der Waals surface area contributed by atoms with Crippen LogP contribution in [0.3, 0.4) is 0 Å². The predicted molar refractivity (Wildman–Crippen MR) is 74.6 cm³/mol. The topological polar surface area (TPSA) is 65.0 Å². The number of hydrogen-bond donors (Lipinski definition) is 1. The van der Waals surface area contributed by atoms with E-state index >= 15 is 0 Å². The highest BCUT2D eigenvalue weighted by Crippen LogP contribution is 2.57. The maximum absolute atomic E-state index is 11.9. The molecule has 2 heterocycles. The van der Waals surface area contributed by atoms with Crippen LogP contribution < -0.4 is 14.2 Å². The van der Waals surface area contributed by atoms with Gasteiger partial charge in [0.2, 0.25) is 0 Å².